The van der Waals surface area contributed by atoms with Crippen LogP contribution in [-0.2, 0) is 22.7 Å². The zero-order valence-electron chi connectivity index (χ0n) is 20.8. The molecule has 0 radical (unpaired) electrons. The van der Waals surface area contributed by atoms with Gasteiger partial charge in [-0.3, -0.25) is 5.32 Å². The summed E-state index contributed by atoms with van der Waals surface area (Å²) in [5, 5.41) is 16.4. The van der Waals surface area contributed by atoms with Gasteiger partial charge in [0.25, 0.3) is 0 Å². The minimum atomic E-state index is -1.18. The zero-order chi connectivity index (χ0) is 26.3. The molecule has 5 rings (SSSR count). The number of likely N-dealkylation sites (tertiary alicyclic amines) is 1. The molecule has 2 atom stereocenters. The van der Waals surface area contributed by atoms with Crippen LogP contribution in [0.15, 0.2) is 91.1 Å². The normalized spacial score (nSPS) is 17.2. The van der Waals surface area contributed by atoms with Gasteiger partial charge in [-0.2, -0.15) is 0 Å². The summed E-state index contributed by atoms with van der Waals surface area (Å²) >= 11 is 0. The topological polar surface area (TPSA) is 104 Å². The molecule has 3 aromatic carbocycles. The first-order chi connectivity index (χ1) is 18.5. The summed E-state index contributed by atoms with van der Waals surface area (Å²) < 4.78 is 11.6. The van der Waals surface area contributed by atoms with E-state index in [1.54, 1.807) is 24.4 Å². The third-order valence-electron chi connectivity index (χ3n) is 6.77. The molecule has 1 aliphatic rings. The highest BCUT2D eigenvalue weighted by atomic mass is 16.5. The fraction of sp³-hybridized carbons (Fsp3) is 0.233. The Hall–Kier alpha value is -4.43. The van der Waals surface area contributed by atoms with Gasteiger partial charge in [0.2, 0.25) is 0 Å². The SMILES string of the molecule is O=C(Nc1ccccn1)OCc1ccc(C2CCN(C(=O)[O-])CC2OCc2ccc3ccccc3c2)cc1. The van der Waals surface area contributed by atoms with Gasteiger partial charge in [-0.15, -0.1) is 0 Å². The number of hydrogen-bond donors (Lipinski definition) is 1. The van der Waals surface area contributed by atoms with Crippen LogP contribution in [-0.4, -0.2) is 41.3 Å². The fourth-order valence-corrected chi connectivity index (χ4v) is 4.75. The van der Waals surface area contributed by atoms with Crippen LogP contribution in [0.3, 0.4) is 0 Å². The van der Waals surface area contributed by atoms with Gasteiger partial charge in [-0.1, -0.05) is 66.7 Å². The number of nitrogens with one attached hydrogen (secondary N) is 1. The van der Waals surface area contributed by atoms with Crippen LogP contribution >= 0.6 is 0 Å². The van der Waals surface area contributed by atoms with Crippen LogP contribution < -0.4 is 10.4 Å². The van der Waals surface area contributed by atoms with Gasteiger partial charge < -0.3 is 24.3 Å². The predicted octanol–water partition coefficient (Wildman–Crippen LogP) is 4.70. The lowest BCUT2D eigenvalue weighted by molar-refractivity contribution is -0.268. The summed E-state index contributed by atoms with van der Waals surface area (Å²) in [4.78, 5) is 29.0. The number of nitrogens with zero attached hydrogens (tertiary/aromatic N) is 2. The quantitative estimate of drug-likeness (QED) is 0.387. The van der Waals surface area contributed by atoms with Crippen molar-refractivity contribution in [1.29, 1.82) is 0 Å². The van der Waals surface area contributed by atoms with Crippen molar-refractivity contribution in [3.63, 3.8) is 0 Å². The first kappa shape index (κ1) is 25.2. The largest absolute Gasteiger partial charge is 0.530 e. The highest BCUT2D eigenvalue weighted by Crippen LogP contribution is 2.31. The van der Waals surface area contributed by atoms with E-state index >= 15 is 0 Å². The number of aromatic nitrogens is 1. The Morgan fingerprint density at radius 1 is 0.921 bits per heavy atom. The number of rotatable bonds is 7. The standard InChI is InChI=1S/C30H29N3O5/c34-29(32-28-7-3-4-15-31-28)38-19-21-8-12-24(13-9-21)26-14-16-33(30(35)36)18-27(26)37-20-22-10-11-23-5-1-2-6-25(23)17-22/h1-13,15,17,26-27H,14,16,18-20H2,(H,35,36)(H,31,32,34)/p-1. The highest BCUT2D eigenvalue weighted by molar-refractivity contribution is 5.83. The maximum Gasteiger partial charge on any atom is 0.413 e. The van der Waals surface area contributed by atoms with Gasteiger partial charge >= 0.3 is 6.09 Å². The van der Waals surface area contributed by atoms with Gasteiger partial charge in [0, 0.05) is 25.2 Å². The summed E-state index contributed by atoms with van der Waals surface area (Å²) in [5.41, 5.74) is 2.92. The van der Waals surface area contributed by atoms with E-state index < -0.39 is 12.2 Å². The molecule has 1 fully saturated rings. The van der Waals surface area contributed by atoms with Crippen molar-refractivity contribution in [2.24, 2.45) is 0 Å². The summed E-state index contributed by atoms with van der Waals surface area (Å²) in [6.07, 6.45) is 0.131. The van der Waals surface area contributed by atoms with E-state index in [-0.39, 0.29) is 25.2 Å². The lowest BCUT2D eigenvalue weighted by Crippen LogP contribution is -2.51. The van der Waals surface area contributed by atoms with Crippen molar-refractivity contribution in [2.45, 2.75) is 31.7 Å². The summed E-state index contributed by atoms with van der Waals surface area (Å²) in [6.45, 7) is 1.13. The van der Waals surface area contributed by atoms with E-state index in [2.05, 4.69) is 34.6 Å². The second-order valence-corrected chi connectivity index (χ2v) is 9.30. The molecule has 0 bridgehead atoms. The molecule has 2 unspecified atom stereocenters. The molecule has 0 saturated carbocycles. The number of piperidine rings is 1. The smallest absolute Gasteiger partial charge is 0.413 e. The van der Waals surface area contributed by atoms with E-state index in [9.17, 15) is 14.7 Å². The number of pyridine rings is 1. The maximum absolute atomic E-state index is 12.0. The summed E-state index contributed by atoms with van der Waals surface area (Å²) in [7, 11) is 0. The van der Waals surface area contributed by atoms with E-state index in [4.69, 9.17) is 9.47 Å². The van der Waals surface area contributed by atoms with Crippen molar-refractivity contribution in [2.75, 3.05) is 18.4 Å². The lowest BCUT2D eigenvalue weighted by atomic mass is 9.86. The monoisotopic (exact) mass is 510 g/mol. The number of hydrogen-bond acceptors (Lipinski definition) is 6. The zero-order valence-corrected chi connectivity index (χ0v) is 20.8. The molecule has 1 aliphatic heterocycles. The molecule has 194 valence electrons. The Kier molecular flexibility index (Phi) is 7.80. The number of carbonyl (C=O) groups excluding carboxylic acids is 2. The molecule has 4 aromatic rings. The van der Waals surface area contributed by atoms with Crippen molar-refractivity contribution in [3.05, 3.63) is 108 Å². The first-order valence-electron chi connectivity index (χ1n) is 12.5. The first-order valence-corrected chi connectivity index (χ1v) is 12.5. The van der Waals surface area contributed by atoms with E-state index in [1.807, 2.05) is 42.5 Å². The minimum absolute atomic E-state index is 0.0217. The van der Waals surface area contributed by atoms with Crippen LogP contribution in [0, 0.1) is 0 Å². The Labute approximate surface area is 220 Å². The van der Waals surface area contributed by atoms with Gasteiger partial charge in [0.05, 0.1) is 12.7 Å². The molecular weight excluding hydrogens is 482 g/mol. The van der Waals surface area contributed by atoms with Crippen molar-refractivity contribution in [3.8, 4) is 0 Å². The molecule has 8 nitrogen and oxygen atoms in total. The molecule has 1 aromatic heterocycles. The average Bonchev–Trinajstić information content (AvgIpc) is 2.95. The number of ether oxygens (including phenoxy) is 2. The van der Waals surface area contributed by atoms with Crippen molar-refractivity contribution in [1.82, 2.24) is 9.88 Å². The van der Waals surface area contributed by atoms with E-state index in [0.29, 0.717) is 25.4 Å². The van der Waals surface area contributed by atoms with Crippen molar-refractivity contribution >= 4 is 28.8 Å². The average molecular weight is 511 g/mol. The number of fused-ring (bicyclic) bond motifs is 1. The second-order valence-electron chi connectivity index (χ2n) is 9.30. The number of anilines is 1. The Bertz CT molecular complexity index is 1390. The Morgan fingerprint density at radius 3 is 2.45 bits per heavy atom. The molecule has 2 amide bonds. The van der Waals surface area contributed by atoms with Gasteiger partial charge in [0.1, 0.15) is 18.5 Å². The lowest BCUT2D eigenvalue weighted by Gasteiger charge is -2.40. The number of amides is 2. The van der Waals surface area contributed by atoms with Crippen LogP contribution in [0.1, 0.15) is 29.0 Å². The van der Waals surface area contributed by atoms with Crippen LogP contribution in [0.25, 0.3) is 10.8 Å². The Balaban J connectivity index is 1.22. The third kappa shape index (κ3) is 6.27. The van der Waals surface area contributed by atoms with Gasteiger partial charge in [0.15, 0.2) is 0 Å². The highest BCUT2D eigenvalue weighted by Gasteiger charge is 2.31. The predicted molar refractivity (Wildman–Crippen MR) is 141 cm³/mol. The van der Waals surface area contributed by atoms with Crippen LogP contribution in [0.2, 0.25) is 0 Å². The maximum atomic E-state index is 12.0. The van der Waals surface area contributed by atoms with E-state index in [0.717, 1.165) is 27.5 Å². The van der Waals surface area contributed by atoms with Crippen molar-refractivity contribution < 1.29 is 24.2 Å². The minimum Gasteiger partial charge on any atom is -0.530 e. The molecule has 0 spiro atoms. The molecular formula is C30H28N3O5-. The summed E-state index contributed by atoms with van der Waals surface area (Å²) in [5.74, 6) is 0.443. The number of carboxylic acid groups (broad SMARTS) is 1. The fourth-order valence-electron chi connectivity index (χ4n) is 4.75. The van der Waals surface area contributed by atoms with E-state index in [1.165, 1.54) is 4.90 Å². The van der Waals surface area contributed by atoms with Gasteiger partial charge in [-0.05, 0) is 52.1 Å². The number of carbonyl (C=O) groups is 2. The molecule has 1 N–H and O–H groups in total. The molecule has 38 heavy (non-hydrogen) atoms. The van der Waals surface area contributed by atoms with Crippen LogP contribution in [0.4, 0.5) is 15.4 Å². The number of benzene rings is 3. The Morgan fingerprint density at radius 2 is 1.68 bits per heavy atom. The molecule has 8 heteroatoms. The molecule has 2 heterocycles. The summed E-state index contributed by atoms with van der Waals surface area (Å²) in [6, 6.07) is 27.4. The molecule has 0 aliphatic carbocycles. The second kappa shape index (κ2) is 11.7. The molecule has 1 saturated heterocycles. The van der Waals surface area contributed by atoms with Gasteiger partial charge in [-0.25, -0.2) is 9.78 Å². The third-order valence-corrected chi connectivity index (χ3v) is 6.77. The van der Waals surface area contributed by atoms with Crippen LogP contribution in [0.5, 0.6) is 0 Å².